The summed E-state index contributed by atoms with van der Waals surface area (Å²) < 4.78 is 10.2. The molecule has 1 heterocycles. The van der Waals surface area contributed by atoms with Gasteiger partial charge in [-0.1, -0.05) is 17.7 Å². The first-order valence-corrected chi connectivity index (χ1v) is 9.28. The monoisotopic (exact) mass is 446 g/mol. The van der Waals surface area contributed by atoms with Crippen molar-refractivity contribution in [2.24, 2.45) is 0 Å². The molecule has 0 aliphatic carbocycles. The summed E-state index contributed by atoms with van der Waals surface area (Å²) in [5, 5.41) is 11.3. The number of amides is 2. The van der Waals surface area contributed by atoms with Crippen LogP contribution in [0.15, 0.2) is 48.0 Å². The molecule has 0 saturated carbocycles. The van der Waals surface area contributed by atoms with E-state index in [2.05, 4.69) is 5.32 Å². The Kier molecular flexibility index (Phi) is 6.34. The molecule has 0 unspecified atom stereocenters. The Morgan fingerprint density at radius 2 is 1.93 bits per heavy atom. The highest BCUT2D eigenvalue weighted by molar-refractivity contribution is 7.80. The number of aliphatic carboxylic acids is 1. The van der Waals surface area contributed by atoms with Gasteiger partial charge in [-0.2, -0.15) is 0 Å². The van der Waals surface area contributed by atoms with Crippen LogP contribution in [0, 0.1) is 0 Å². The molecule has 0 atom stereocenters. The number of methoxy groups -OCH3 is 1. The second kappa shape index (κ2) is 8.93. The highest BCUT2D eigenvalue weighted by atomic mass is 35.5. The van der Waals surface area contributed by atoms with Gasteiger partial charge in [-0.05, 0) is 60.3 Å². The van der Waals surface area contributed by atoms with Gasteiger partial charge >= 0.3 is 5.97 Å². The summed E-state index contributed by atoms with van der Waals surface area (Å²) in [6.45, 7) is -0.546. The first-order valence-electron chi connectivity index (χ1n) is 8.50. The molecule has 154 valence electrons. The molecule has 10 heteroatoms. The van der Waals surface area contributed by atoms with Gasteiger partial charge in [0.2, 0.25) is 0 Å². The minimum Gasteiger partial charge on any atom is -0.497 e. The topological polar surface area (TPSA) is 105 Å². The Labute approximate surface area is 181 Å². The van der Waals surface area contributed by atoms with E-state index in [1.165, 1.54) is 30.2 Å². The summed E-state index contributed by atoms with van der Waals surface area (Å²) in [5.74, 6) is -1.61. The van der Waals surface area contributed by atoms with Gasteiger partial charge in [-0.3, -0.25) is 19.8 Å². The van der Waals surface area contributed by atoms with Crippen molar-refractivity contribution in [2.75, 3.05) is 18.6 Å². The highest BCUT2D eigenvalue weighted by Gasteiger charge is 2.34. The SMILES string of the molecule is COc1ccc(N2C(=O)/C(=C\c3ccc(OCC(=O)O)c(Cl)c3)C(=O)NC2=S)cc1. The van der Waals surface area contributed by atoms with Crippen molar-refractivity contribution in [1.29, 1.82) is 0 Å². The fraction of sp³-hybridized carbons (Fsp3) is 0.100. The number of rotatable bonds is 6. The second-order valence-electron chi connectivity index (χ2n) is 6.03. The summed E-state index contributed by atoms with van der Waals surface area (Å²) in [5.41, 5.74) is 0.769. The Hall–Kier alpha value is -3.43. The number of ether oxygens (including phenoxy) is 2. The van der Waals surface area contributed by atoms with Gasteiger partial charge in [0, 0.05) is 0 Å². The molecule has 0 spiro atoms. The molecule has 2 N–H and O–H groups in total. The Bertz CT molecular complexity index is 1070. The van der Waals surface area contributed by atoms with Crippen LogP contribution in [0.5, 0.6) is 11.5 Å². The van der Waals surface area contributed by atoms with E-state index < -0.39 is 24.4 Å². The Balaban J connectivity index is 1.90. The number of nitrogens with one attached hydrogen (secondary N) is 1. The predicted octanol–water partition coefficient (Wildman–Crippen LogP) is 2.64. The van der Waals surface area contributed by atoms with Crippen molar-refractivity contribution < 1.29 is 29.0 Å². The predicted molar refractivity (Wildman–Crippen MR) is 114 cm³/mol. The van der Waals surface area contributed by atoms with Crippen molar-refractivity contribution in [3.05, 3.63) is 58.6 Å². The molecule has 3 rings (SSSR count). The van der Waals surface area contributed by atoms with E-state index in [0.29, 0.717) is 17.0 Å². The van der Waals surface area contributed by atoms with E-state index in [1.807, 2.05) is 0 Å². The third-order valence-electron chi connectivity index (χ3n) is 4.05. The van der Waals surface area contributed by atoms with Crippen LogP contribution in [0.4, 0.5) is 5.69 Å². The van der Waals surface area contributed by atoms with E-state index in [1.54, 1.807) is 30.3 Å². The standard InChI is InChI=1S/C20H15ClN2O6S/c1-28-13-5-3-12(4-6-13)23-19(27)14(18(26)22-20(23)30)8-11-2-7-16(15(21)9-11)29-10-17(24)25/h2-9H,10H2,1H3,(H,24,25)(H,22,26,30)/b14-8-. The van der Waals surface area contributed by atoms with Crippen LogP contribution in [0.1, 0.15) is 5.56 Å². The minimum absolute atomic E-state index is 0.0391. The summed E-state index contributed by atoms with van der Waals surface area (Å²) in [7, 11) is 1.52. The smallest absolute Gasteiger partial charge is 0.341 e. The molecular formula is C20H15ClN2O6S. The lowest BCUT2D eigenvalue weighted by Crippen LogP contribution is -2.54. The fourth-order valence-electron chi connectivity index (χ4n) is 2.65. The third kappa shape index (κ3) is 4.58. The summed E-state index contributed by atoms with van der Waals surface area (Å²) in [6, 6.07) is 11.1. The van der Waals surface area contributed by atoms with Crippen molar-refractivity contribution in [2.45, 2.75) is 0 Å². The molecule has 1 saturated heterocycles. The van der Waals surface area contributed by atoms with Crippen LogP contribution >= 0.6 is 23.8 Å². The largest absolute Gasteiger partial charge is 0.497 e. The van der Waals surface area contributed by atoms with Crippen LogP contribution in [-0.4, -0.2) is 41.7 Å². The van der Waals surface area contributed by atoms with Crippen molar-refractivity contribution in [3.8, 4) is 11.5 Å². The first-order chi connectivity index (χ1) is 14.3. The molecule has 1 aliphatic heterocycles. The molecule has 30 heavy (non-hydrogen) atoms. The van der Waals surface area contributed by atoms with Gasteiger partial charge in [-0.25, -0.2) is 4.79 Å². The maximum Gasteiger partial charge on any atom is 0.341 e. The number of nitrogens with zero attached hydrogens (tertiary/aromatic N) is 1. The molecule has 0 radical (unpaired) electrons. The van der Waals surface area contributed by atoms with Crippen molar-refractivity contribution in [1.82, 2.24) is 5.32 Å². The van der Waals surface area contributed by atoms with E-state index in [0.717, 1.165) is 0 Å². The lowest BCUT2D eigenvalue weighted by molar-refractivity contribution is -0.139. The van der Waals surface area contributed by atoms with Crippen molar-refractivity contribution >= 4 is 58.5 Å². The molecule has 2 aromatic rings. The number of hydrogen-bond acceptors (Lipinski definition) is 6. The molecule has 0 aromatic heterocycles. The molecule has 8 nitrogen and oxygen atoms in total. The zero-order valence-corrected chi connectivity index (χ0v) is 17.1. The van der Waals surface area contributed by atoms with Gasteiger partial charge in [-0.15, -0.1) is 0 Å². The number of thiocarbonyl (C=S) groups is 1. The van der Waals surface area contributed by atoms with Gasteiger partial charge in [0.1, 0.15) is 17.1 Å². The zero-order chi connectivity index (χ0) is 21.8. The van der Waals surface area contributed by atoms with Gasteiger partial charge in [0.15, 0.2) is 11.7 Å². The van der Waals surface area contributed by atoms with Crippen LogP contribution in [0.3, 0.4) is 0 Å². The zero-order valence-electron chi connectivity index (χ0n) is 15.5. The Morgan fingerprint density at radius 1 is 1.23 bits per heavy atom. The van der Waals surface area contributed by atoms with Crippen molar-refractivity contribution in [3.63, 3.8) is 0 Å². The molecule has 1 fully saturated rings. The number of hydrogen-bond donors (Lipinski definition) is 2. The average molecular weight is 447 g/mol. The number of carbonyl (C=O) groups is 3. The first kappa shape index (κ1) is 21.3. The Morgan fingerprint density at radius 3 is 2.53 bits per heavy atom. The average Bonchev–Trinajstić information content (AvgIpc) is 2.70. The lowest BCUT2D eigenvalue weighted by Gasteiger charge is -2.29. The number of carbonyl (C=O) groups excluding carboxylic acids is 2. The van der Waals surface area contributed by atoms with Crippen LogP contribution in [0.25, 0.3) is 6.08 Å². The molecule has 0 bridgehead atoms. The minimum atomic E-state index is -1.14. The second-order valence-corrected chi connectivity index (χ2v) is 6.82. The van der Waals surface area contributed by atoms with Crippen LogP contribution in [-0.2, 0) is 14.4 Å². The van der Waals surface area contributed by atoms with E-state index in [4.69, 9.17) is 38.4 Å². The number of carboxylic acid groups (broad SMARTS) is 1. The summed E-state index contributed by atoms with van der Waals surface area (Å²) >= 11 is 11.3. The molecular weight excluding hydrogens is 432 g/mol. The summed E-state index contributed by atoms with van der Waals surface area (Å²) in [6.07, 6.45) is 1.36. The van der Waals surface area contributed by atoms with Gasteiger partial charge in [0.05, 0.1) is 17.8 Å². The molecule has 2 amide bonds. The maximum atomic E-state index is 13.0. The van der Waals surface area contributed by atoms with E-state index in [-0.39, 0.29) is 21.5 Å². The van der Waals surface area contributed by atoms with Crippen LogP contribution in [0.2, 0.25) is 5.02 Å². The highest BCUT2D eigenvalue weighted by Crippen LogP contribution is 2.28. The summed E-state index contributed by atoms with van der Waals surface area (Å²) in [4.78, 5) is 37.2. The van der Waals surface area contributed by atoms with Gasteiger partial charge < -0.3 is 14.6 Å². The van der Waals surface area contributed by atoms with Gasteiger partial charge in [0.25, 0.3) is 11.8 Å². The number of halogens is 1. The quantitative estimate of drug-likeness (QED) is 0.399. The number of benzene rings is 2. The number of carboxylic acids is 1. The fourth-order valence-corrected chi connectivity index (χ4v) is 3.18. The lowest BCUT2D eigenvalue weighted by atomic mass is 10.1. The van der Waals surface area contributed by atoms with Crippen LogP contribution < -0.4 is 19.7 Å². The molecule has 2 aromatic carbocycles. The van der Waals surface area contributed by atoms with E-state index >= 15 is 0 Å². The maximum absolute atomic E-state index is 13.0. The normalized spacial score (nSPS) is 15.2. The number of anilines is 1. The molecule has 1 aliphatic rings. The third-order valence-corrected chi connectivity index (χ3v) is 4.63. The van der Waals surface area contributed by atoms with E-state index in [9.17, 15) is 14.4 Å².